The highest BCUT2D eigenvalue weighted by Crippen LogP contribution is 2.30. The average Bonchev–Trinajstić information content (AvgIpc) is 3.19. The standard InChI is InChI=1S/C22H12ClN3O3/c23-17-11-4-3-8-14(17)21-25-26-22(29-21)16-10-5-9-15-18(16)24-20(28)13-7-2-1-6-12(13)19(15)27/h1-11H,(H,24,28). The molecule has 5 rings (SSSR count). The molecule has 0 saturated heterocycles. The zero-order chi connectivity index (χ0) is 20.0. The van der Waals surface area contributed by atoms with Gasteiger partial charge in [-0.1, -0.05) is 48.0 Å². The molecule has 0 aliphatic carbocycles. The zero-order valence-electron chi connectivity index (χ0n) is 14.8. The fraction of sp³-hybridized carbons (Fsp3) is 0. The number of fused-ring (bicyclic) bond motifs is 2. The Morgan fingerprint density at radius 3 is 2.14 bits per heavy atom. The smallest absolute Gasteiger partial charge is 0.256 e. The number of aromatic amines is 1. The van der Waals surface area contributed by atoms with Crippen molar-refractivity contribution >= 4 is 33.3 Å². The first-order valence-corrected chi connectivity index (χ1v) is 9.18. The Labute approximate surface area is 168 Å². The number of para-hydroxylation sites is 1. The van der Waals surface area contributed by atoms with Gasteiger partial charge in [-0.2, -0.15) is 0 Å². The predicted octanol–water partition coefficient (Wildman–Crippen LogP) is 4.41. The van der Waals surface area contributed by atoms with Crippen molar-refractivity contribution in [3.63, 3.8) is 0 Å². The molecule has 5 aromatic rings. The maximum atomic E-state index is 13.1. The van der Waals surface area contributed by atoms with Gasteiger partial charge in [0.05, 0.1) is 27.1 Å². The fourth-order valence-electron chi connectivity index (χ4n) is 3.34. The van der Waals surface area contributed by atoms with Gasteiger partial charge in [-0.15, -0.1) is 10.2 Å². The van der Waals surface area contributed by atoms with E-state index in [0.29, 0.717) is 37.8 Å². The van der Waals surface area contributed by atoms with Gasteiger partial charge in [0, 0.05) is 10.8 Å². The van der Waals surface area contributed by atoms with E-state index in [1.54, 1.807) is 60.7 Å². The molecule has 29 heavy (non-hydrogen) atoms. The van der Waals surface area contributed by atoms with Crippen LogP contribution in [0.4, 0.5) is 0 Å². The maximum absolute atomic E-state index is 13.1. The van der Waals surface area contributed by atoms with Crippen LogP contribution in [0.3, 0.4) is 0 Å². The molecule has 0 saturated carbocycles. The molecule has 140 valence electrons. The molecule has 7 heteroatoms. The van der Waals surface area contributed by atoms with Crippen LogP contribution in [-0.4, -0.2) is 15.2 Å². The van der Waals surface area contributed by atoms with Gasteiger partial charge in [0.25, 0.3) is 5.56 Å². The molecule has 0 aliphatic heterocycles. The van der Waals surface area contributed by atoms with Crippen LogP contribution >= 0.6 is 11.6 Å². The van der Waals surface area contributed by atoms with Gasteiger partial charge in [-0.3, -0.25) is 9.59 Å². The Hall–Kier alpha value is -3.77. The predicted molar refractivity (Wildman–Crippen MR) is 112 cm³/mol. The van der Waals surface area contributed by atoms with Gasteiger partial charge in [0.2, 0.25) is 11.8 Å². The SMILES string of the molecule is O=c1[nH]c2c(-c3nnc(-c4ccccc4Cl)o3)cccc2c(=O)c2ccccc12. The van der Waals surface area contributed by atoms with Gasteiger partial charge in [0.1, 0.15) is 0 Å². The zero-order valence-corrected chi connectivity index (χ0v) is 15.6. The lowest BCUT2D eigenvalue weighted by molar-refractivity contribution is 0.585. The van der Waals surface area contributed by atoms with Crippen molar-refractivity contribution in [2.75, 3.05) is 0 Å². The van der Waals surface area contributed by atoms with Crippen LogP contribution in [0.2, 0.25) is 5.02 Å². The Morgan fingerprint density at radius 2 is 1.34 bits per heavy atom. The molecule has 0 fully saturated rings. The summed E-state index contributed by atoms with van der Waals surface area (Å²) in [5.41, 5.74) is 0.783. The van der Waals surface area contributed by atoms with Crippen LogP contribution in [0.5, 0.6) is 0 Å². The van der Waals surface area contributed by atoms with Crippen molar-refractivity contribution in [3.8, 4) is 22.9 Å². The van der Waals surface area contributed by atoms with Crippen LogP contribution in [0.15, 0.2) is 80.7 Å². The summed E-state index contributed by atoms with van der Waals surface area (Å²) in [5, 5.41) is 9.69. The van der Waals surface area contributed by atoms with Crippen molar-refractivity contribution in [1.29, 1.82) is 0 Å². The largest absolute Gasteiger partial charge is 0.416 e. The Bertz CT molecular complexity index is 1520. The van der Waals surface area contributed by atoms with Crippen LogP contribution in [0.1, 0.15) is 0 Å². The van der Waals surface area contributed by atoms with E-state index >= 15 is 0 Å². The molecule has 6 nitrogen and oxygen atoms in total. The van der Waals surface area contributed by atoms with E-state index in [9.17, 15) is 9.59 Å². The second-order valence-electron chi connectivity index (χ2n) is 6.45. The summed E-state index contributed by atoms with van der Waals surface area (Å²) in [7, 11) is 0. The van der Waals surface area contributed by atoms with Gasteiger partial charge in [0.15, 0.2) is 5.43 Å². The van der Waals surface area contributed by atoms with Gasteiger partial charge >= 0.3 is 0 Å². The average molecular weight is 402 g/mol. The lowest BCUT2D eigenvalue weighted by atomic mass is 10.1. The molecule has 2 heterocycles. The van der Waals surface area contributed by atoms with E-state index in [2.05, 4.69) is 15.2 Å². The maximum Gasteiger partial charge on any atom is 0.256 e. The number of aromatic nitrogens is 3. The van der Waals surface area contributed by atoms with E-state index in [0.717, 1.165) is 0 Å². The van der Waals surface area contributed by atoms with Gasteiger partial charge in [-0.25, -0.2) is 0 Å². The lowest BCUT2D eigenvalue weighted by Crippen LogP contribution is -2.02. The minimum atomic E-state index is -0.369. The van der Waals surface area contributed by atoms with Gasteiger partial charge in [-0.05, 0) is 30.3 Å². The van der Waals surface area contributed by atoms with Crippen molar-refractivity contribution in [1.82, 2.24) is 15.2 Å². The summed E-state index contributed by atoms with van der Waals surface area (Å²) in [4.78, 5) is 28.6. The quantitative estimate of drug-likeness (QED) is 0.473. The first kappa shape index (κ1) is 17.3. The molecule has 0 radical (unpaired) electrons. The number of nitrogens with one attached hydrogen (secondary N) is 1. The molecule has 0 atom stereocenters. The summed E-state index contributed by atoms with van der Waals surface area (Å²) in [5.74, 6) is 0.425. The first-order chi connectivity index (χ1) is 14.1. The van der Waals surface area contributed by atoms with E-state index in [1.807, 2.05) is 6.07 Å². The molecule has 0 amide bonds. The highest BCUT2D eigenvalue weighted by atomic mass is 35.5. The molecular weight excluding hydrogens is 390 g/mol. The Balaban J connectivity index is 1.81. The summed E-state index contributed by atoms with van der Waals surface area (Å²) in [6.07, 6.45) is 0. The minimum Gasteiger partial charge on any atom is -0.416 e. The van der Waals surface area contributed by atoms with E-state index in [4.69, 9.17) is 16.0 Å². The van der Waals surface area contributed by atoms with Crippen molar-refractivity contribution < 1.29 is 4.42 Å². The third-order valence-corrected chi connectivity index (χ3v) is 5.05. The summed E-state index contributed by atoms with van der Waals surface area (Å²) >= 11 is 6.21. The van der Waals surface area contributed by atoms with E-state index < -0.39 is 0 Å². The van der Waals surface area contributed by atoms with Crippen molar-refractivity contribution in [2.45, 2.75) is 0 Å². The highest BCUT2D eigenvalue weighted by molar-refractivity contribution is 6.33. The lowest BCUT2D eigenvalue weighted by Gasteiger charge is -2.00. The fourth-order valence-corrected chi connectivity index (χ4v) is 3.55. The summed E-state index contributed by atoms with van der Waals surface area (Å²) in [6, 6.07) is 18.9. The molecule has 2 aromatic heterocycles. The topological polar surface area (TPSA) is 88.8 Å². The Kier molecular flexibility index (Phi) is 4.00. The van der Waals surface area contributed by atoms with Gasteiger partial charge < -0.3 is 9.40 Å². The van der Waals surface area contributed by atoms with Crippen molar-refractivity contribution in [2.24, 2.45) is 0 Å². The van der Waals surface area contributed by atoms with Crippen LogP contribution in [-0.2, 0) is 0 Å². The Morgan fingerprint density at radius 1 is 0.724 bits per heavy atom. The van der Waals surface area contributed by atoms with E-state index in [1.165, 1.54) is 0 Å². The number of hydrogen-bond acceptors (Lipinski definition) is 5. The second-order valence-corrected chi connectivity index (χ2v) is 6.86. The molecule has 0 bridgehead atoms. The number of rotatable bonds is 2. The summed E-state index contributed by atoms with van der Waals surface area (Å²) in [6.45, 7) is 0. The van der Waals surface area contributed by atoms with Crippen LogP contribution in [0, 0.1) is 0 Å². The van der Waals surface area contributed by atoms with Crippen molar-refractivity contribution in [3.05, 3.63) is 92.3 Å². The number of halogens is 1. The number of benzene rings is 3. The van der Waals surface area contributed by atoms with Crippen LogP contribution in [0.25, 0.3) is 44.6 Å². The third kappa shape index (κ3) is 2.81. The molecular formula is C22H12ClN3O3. The molecule has 0 unspecified atom stereocenters. The summed E-state index contributed by atoms with van der Waals surface area (Å²) < 4.78 is 5.82. The van der Waals surface area contributed by atoms with E-state index in [-0.39, 0.29) is 22.8 Å². The molecule has 0 aliphatic rings. The number of H-pyrrole nitrogens is 1. The molecule has 1 N–H and O–H groups in total. The number of nitrogens with zero attached hydrogens (tertiary/aromatic N) is 2. The third-order valence-electron chi connectivity index (χ3n) is 4.72. The monoisotopic (exact) mass is 401 g/mol. The highest BCUT2D eigenvalue weighted by Gasteiger charge is 2.16. The number of hydrogen-bond donors (Lipinski definition) is 1. The molecule has 3 aromatic carbocycles. The van der Waals surface area contributed by atoms with Crippen LogP contribution < -0.4 is 11.0 Å². The first-order valence-electron chi connectivity index (χ1n) is 8.80. The molecule has 0 spiro atoms. The minimum absolute atomic E-state index is 0.177. The normalized spacial score (nSPS) is 11.2. The second kappa shape index (κ2) is 6.68.